The number of hydrogen-bond donors (Lipinski definition) is 2. The van der Waals surface area contributed by atoms with Gasteiger partial charge in [-0.1, -0.05) is 24.8 Å². The Balaban J connectivity index is 2.25. The summed E-state index contributed by atoms with van der Waals surface area (Å²) < 4.78 is 0. The van der Waals surface area contributed by atoms with Gasteiger partial charge in [0.2, 0.25) is 5.91 Å². The van der Waals surface area contributed by atoms with E-state index in [1.54, 1.807) is 12.1 Å². The van der Waals surface area contributed by atoms with Crippen molar-refractivity contribution >= 4 is 29.3 Å². The van der Waals surface area contributed by atoms with Gasteiger partial charge in [0.15, 0.2) is 0 Å². The molecule has 0 spiro atoms. The number of carbonyl (C=O) groups excluding carboxylic acids is 1. The molecule has 0 saturated heterocycles. The van der Waals surface area contributed by atoms with Gasteiger partial charge in [-0.05, 0) is 56.5 Å². The number of carbonyl (C=O) groups is 2. The second-order valence-corrected chi connectivity index (χ2v) is 7.32. The molecule has 0 fully saturated rings. The SMILES string of the molecule is CCC(Sc1nc(C)c(C)c(C)c1C#N)C(=O)Nc1cccc(C(=O)O)c1. The minimum absolute atomic E-state index is 0.103. The number of hydrogen-bond acceptors (Lipinski definition) is 5. The summed E-state index contributed by atoms with van der Waals surface area (Å²) in [5.74, 6) is -1.31. The molecule has 0 saturated carbocycles. The summed E-state index contributed by atoms with van der Waals surface area (Å²) in [5.41, 5.74) is 3.69. The van der Waals surface area contributed by atoms with E-state index in [9.17, 15) is 14.9 Å². The Morgan fingerprint density at radius 3 is 2.59 bits per heavy atom. The molecule has 1 unspecified atom stereocenters. The summed E-state index contributed by atoms with van der Waals surface area (Å²) in [6.07, 6.45) is 0.535. The number of aromatic nitrogens is 1. The number of thioether (sulfide) groups is 1. The van der Waals surface area contributed by atoms with Crippen LogP contribution in [0.25, 0.3) is 0 Å². The summed E-state index contributed by atoms with van der Waals surface area (Å²) >= 11 is 1.25. The third-order valence-corrected chi connectivity index (χ3v) is 5.72. The van der Waals surface area contributed by atoms with Crippen molar-refractivity contribution in [1.82, 2.24) is 4.98 Å². The van der Waals surface area contributed by atoms with Crippen molar-refractivity contribution in [2.24, 2.45) is 0 Å². The molecule has 1 amide bonds. The van der Waals surface area contributed by atoms with Crippen LogP contribution in [0.2, 0.25) is 0 Å². The van der Waals surface area contributed by atoms with Gasteiger partial charge in [0.05, 0.1) is 16.4 Å². The van der Waals surface area contributed by atoms with Crippen molar-refractivity contribution in [1.29, 1.82) is 5.26 Å². The number of benzene rings is 1. The number of rotatable bonds is 6. The van der Waals surface area contributed by atoms with Gasteiger partial charge in [-0.3, -0.25) is 4.79 Å². The zero-order valence-corrected chi connectivity index (χ0v) is 16.5. The topological polar surface area (TPSA) is 103 Å². The molecule has 0 bridgehead atoms. The average molecular weight is 383 g/mol. The van der Waals surface area contributed by atoms with Gasteiger partial charge in [-0.15, -0.1) is 0 Å². The molecule has 0 radical (unpaired) electrons. The molecule has 0 aliphatic rings. The molecule has 1 aromatic carbocycles. The number of pyridine rings is 1. The fourth-order valence-corrected chi connectivity index (χ4v) is 3.65. The van der Waals surface area contributed by atoms with Crippen molar-refractivity contribution in [3.63, 3.8) is 0 Å². The first kappa shape index (κ1) is 20.5. The third kappa shape index (κ3) is 4.66. The maximum Gasteiger partial charge on any atom is 0.335 e. The van der Waals surface area contributed by atoms with E-state index in [1.807, 2.05) is 27.7 Å². The molecular weight excluding hydrogens is 362 g/mol. The predicted molar refractivity (Wildman–Crippen MR) is 105 cm³/mol. The number of aryl methyl sites for hydroxylation is 1. The van der Waals surface area contributed by atoms with Crippen LogP contribution in [0, 0.1) is 32.1 Å². The number of nitrogens with zero attached hydrogens (tertiary/aromatic N) is 2. The van der Waals surface area contributed by atoms with Crippen molar-refractivity contribution in [2.75, 3.05) is 5.32 Å². The van der Waals surface area contributed by atoms with Crippen LogP contribution in [0.15, 0.2) is 29.3 Å². The molecule has 2 N–H and O–H groups in total. The first-order valence-corrected chi connectivity index (χ1v) is 9.35. The molecule has 1 aromatic heterocycles. The second kappa shape index (κ2) is 8.69. The summed E-state index contributed by atoms with van der Waals surface area (Å²) in [4.78, 5) is 28.3. The van der Waals surface area contributed by atoms with Crippen LogP contribution in [0.3, 0.4) is 0 Å². The van der Waals surface area contributed by atoms with Gasteiger partial charge in [0.1, 0.15) is 11.1 Å². The van der Waals surface area contributed by atoms with E-state index in [0.29, 0.717) is 22.7 Å². The van der Waals surface area contributed by atoms with E-state index >= 15 is 0 Å². The van der Waals surface area contributed by atoms with Gasteiger partial charge in [0, 0.05) is 11.4 Å². The Kier molecular flexibility index (Phi) is 6.59. The Hall–Kier alpha value is -2.85. The predicted octanol–water partition coefficient (Wildman–Crippen LogP) is 4.09. The van der Waals surface area contributed by atoms with E-state index in [1.165, 1.54) is 23.9 Å². The maximum atomic E-state index is 12.7. The molecule has 2 aromatic rings. The number of carboxylic acid groups (broad SMARTS) is 1. The largest absolute Gasteiger partial charge is 0.478 e. The Morgan fingerprint density at radius 2 is 2.00 bits per heavy atom. The van der Waals surface area contributed by atoms with Crippen LogP contribution in [-0.4, -0.2) is 27.2 Å². The second-order valence-electron chi connectivity index (χ2n) is 6.13. The van der Waals surface area contributed by atoms with Gasteiger partial charge in [0.25, 0.3) is 0 Å². The normalized spacial score (nSPS) is 11.5. The summed E-state index contributed by atoms with van der Waals surface area (Å²) in [6.45, 7) is 7.56. The van der Waals surface area contributed by atoms with Crippen LogP contribution in [0.5, 0.6) is 0 Å². The van der Waals surface area contributed by atoms with Crippen LogP contribution in [0.1, 0.15) is 46.1 Å². The fourth-order valence-electron chi connectivity index (χ4n) is 2.54. The number of aromatic carboxylic acids is 1. The van der Waals surface area contributed by atoms with Gasteiger partial charge in [-0.2, -0.15) is 5.26 Å². The summed E-state index contributed by atoms with van der Waals surface area (Å²) in [6, 6.07) is 8.28. The quantitative estimate of drug-likeness (QED) is 0.728. The minimum atomic E-state index is -1.05. The van der Waals surface area contributed by atoms with Crippen LogP contribution in [0.4, 0.5) is 5.69 Å². The molecule has 0 aliphatic carbocycles. The summed E-state index contributed by atoms with van der Waals surface area (Å²) in [7, 11) is 0. The zero-order chi connectivity index (χ0) is 20.1. The first-order chi connectivity index (χ1) is 12.8. The van der Waals surface area contributed by atoms with E-state index < -0.39 is 11.2 Å². The molecule has 1 atom stereocenters. The number of nitriles is 1. The lowest BCUT2D eigenvalue weighted by Gasteiger charge is -2.17. The monoisotopic (exact) mass is 383 g/mol. The molecule has 1 heterocycles. The van der Waals surface area contributed by atoms with Gasteiger partial charge in [-0.25, -0.2) is 9.78 Å². The fraction of sp³-hybridized carbons (Fsp3) is 0.300. The Labute approximate surface area is 162 Å². The lowest BCUT2D eigenvalue weighted by atomic mass is 10.1. The zero-order valence-electron chi connectivity index (χ0n) is 15.7. The highest BCUT2D eigenvalue weighted by Crippen LogP contribution is 2.31. The minimum Gasteiger partial charge on any atom is -0.478 e. The highest BCUT2D eigenvalue weighted by atomic mass is 32.2. The molecule has 2 rings (SSSR count). The van der Waals surface area contributed by atoms with E-state index in [4.69, 9.17) is 5.11 Å². The van der Waals surface area contributed by atoms with Crippen molar-refractivity contribution < 1.29 is 14.7 Å². The van der Waals surface area contributed by atoms with Crippen LogP contribution >= 0.6 is 11.8 Å². The third-order valence-electron chi connectivity index (χ3n) is 4.37. The molecule has 140 valence electrons. The van der Waals surface area contributed by atoms with Crippen LogP contribution in [-0.2, 0) is 4.79 Å². The smallest absolute Gasteiger partial charge is 0.335 e. The summed E-state index contributed by atoms with van der Waals surface area (Å²) in [5, 5.41) is 21.4. The van der Waals surface area contributed by atoms with Gasteiger partial charge < -0.3 is 10.4 Å². The number of anilines is 1. The Bertz CT molecular complexity index is 935. The van der Waals surface area contributed by atoms with Gasteiger partial charge >= 0.3 is 5.97 Å². The number of amides is 1. The lowest BCUT2D eigenvalue weighted by Crippen LogP contribution is -2.25. The highest BCUT2D eigenvalue weighted by molar-refractivity contribution is 8.00. The van der Waals surface area contributed by atoms with Crippen molar-refractivity contribution in [3.8, 4) is 6.07 Å². The number of nitrogens with one attached hydrogen (secondary N) is 1. The van der Waals surface area contributed by atoms with E-state index in [-0.39, 0.29) is 11.5 Å². The van der Waals surface area contributed by atoms with Crippen LogP contribution < -0.4 is 5.32 Å². The molecular formula is C20H21N3O3S. The highest BCUT2D eigenvalue weighted by Gasteiger charge is 2.22. The van der Waals surface area contributed by atoms with E-state index in [0.717, 1.165) is 16.8 Å². The van der Waals surface area contributed by atoms with E-state index in [2.05, 4.69) is 16.4 Å². The maximum absolute atomic E-state index is 12.7. The van der Waals surface area contributed by atoms with Crippen molar-refractivity contribution in [3.05, 3.63) is 52.2 Å². The lowest BCUT2D eigenvalue weighted by molar-refractivity contribution is -0.115. The molecule has 27 heavy (non-hydrogen) atoms. The standard InChI is InChI=1S/C20H21N3O3S/c1-5-17(18(24)23-15-8-6-7-14(9-15)20(25)26)27-19-16(10-21)12(3)11(2)13(4)22-19/h6-9,17H,5H2,1-4H3,(H,23,24)(H,25,26). The average Bonchev–Trinajstić information content (AvgIpc) is 2.64. The molecule has 7 heteroatoms. The molecule has 6 nitrogen and oxygen atoms in total. The first-order valence-electron chi connectivity index (χ1n) is 8.47. The van der Waals surface area contributed by atoms with Crippen molar-refractivity contribution in [2.45, 2.75) is 44.4 Å². The molecule has 0 aliphatic heterocycles. The Morgan fingerprint density at radius 1 is 1.30 bits per heavy atom. The number of carboxylic acids is 1.